The maximum atomic E-state index is 12.4. The van der Waals surface area contributed by atoms with Crippen molar-refractivity contribution in [3.05, 3.63) is 85.0 Å². The number of rotatable bonds is 11. The van der Waals surface area contributed by atoms with E-state index in [2.05, 4.69) is 23.8 Å². The van der Waals surface area contributed by atoms with E-state index in [1.807, 2.05) is 0 Å². The molecule has 0 atom stereocenters. The molecule has 146 valence electrons. The summed E-state index contributed by atoms with van der Waals surface area (Å²) in [5.74, 6) is 0.418. The number of carbonyl (C=O) groups is 2. The second-order valence-corrected chi connectivity index (χ2v) is 5.70. The third-order valence-corrected chi connectivity index (χ3v) is 3.67. The molecule has 0 aliphatic carbocycles. The highest BCUT2D eigenvalue weighted by Crippen LogP contribution is 2.18. The van der Waals surface area contributed by atoms with Crippen LogP contribution in [0, 0.1) is 0 Å². The maximum absolute atomic E-state index is 12.4. The number of benzene rings is 2. The molecule has 0 saturated heterocycles. The largest absolute Gasteiger partial charge is 0.489 e. The van der Waals surface area contributed by atoms with Crippen LogP contribution >= 0.6 is 0 Å². The van der Waals surface area contributed by atoms with Gasteiger partial charge in [0.2, 0.25) is 0 Å². The minimum atomic E-state index is -0.274. The molecule has 0 heterocycles. The molecule has 0 spiro atoms. The average Bonchev–Trinajstić information content (AvgIpc) is 2.73. The van der Waals surface area contributed by atoms with E-state index in [0.717, 1.165) is 0 Å². The van der Waals surface area contributed by atoms with E-state index < -0.39 is 0 Å². The molecular formula is C22H24N2O4. The van der Waals surface area contributed by atoms with Crippen LogP contribution in [-0.2, 0) is 0 Å². The summed E-state index contributed by atoms with van der Waals surface area (Å²) in [5.41, 5.74) is 0.859. The van der Waals surface area contributed by atoms with Crippen molar-refractivity contribution in [3.8, 4) is 11.5 Å². The van der Waals surface area contributed by atoms with Gasteiger partial charge in [-0.05, 0) is 24.3 Å². The fourth-order valence-electron chi connectivity index (χ4n) is 2.40. The Morgan fingerprint density at radius 2 is 1.14 bits per heavy atom. The van der Waals surface area contributed by atoms with E-state index in [0.29, 0.717) is 35.8 Å². The van der Waals surface area contributed by atoms with Crippen molar-refractivity contribution in [2.75, 3.05) is 26.3 Å². The Labute approximate surface area is 164 Å². The Bertz CT molecular complexity index is 763. The maximum Gasteiger partial charge on any atom is 0.255 e. The Balaban J connectivity index is 1.86. The van der Waals surface area contributed by atoms with Crippen LogP contribution in [0.3, 0.4) is 0 Å². The van der Waals surface area contributed by atoms with Gasteiger partial charge in [0.05, 0.1) is 11.1 Å². The molecule has 0 unspecified atom stereocenters. The summed E-state index contributed by atoms with van der Waals surface area (Å²) in [6.45, 7) is 8.36. The Kier molecular flexibility index (Phi) is 8.33. The lowest BCUT2D eigenvalue weighted by atomic mass is 10.2. The molecular weight excluding hydrogens is 356 g/mol. The quantitative estimate of drug-likeness (QED) is 0.464. The van der Waals surface area contributed by atoms with Gasteiger partial charge in [-0.2, -0.15) is 0 Å². The Morgan fingerprint density at radius 3 is 1.54 bits per heavy atom. The first kappa shape index (κ1) is 20.8. The first-order valence-electron chi connectivity index (χ1n) is 8.89. The van der Waals surface area contributed by atoms with Gasteiger partial charge in [0.25, 0.3) is 11.8 Å². The fraction of sp³-hybridized carbons (Fsp3) is 0.182. The van der Waals surface area contributed by atoms with Crippen LogP contribution in [0.25, 0.3) is 0 Å². The predicted molar refractivity (Wildman–Crippen MR) is 109 cm³/mol. The summed E-state index contributed by atoms with van der Waals surface area (Å²) in [6, 6.07) is 13.9. The lowest BCUT2D eigenvalue weighted by Gasteiger charge is -2.12. The van der Waals surface area contributed by atoms with Gasteiger partial charge in [-0.3, -0.25) is 9.59 Å². The molecule has 0 radical (unpaired) electrons. The van der Waals surface area contributed by atoms with Gasteiger partial charge in [-0.25, -0.2) is 0 Å². The zero-order valence-corrected chi connectivity index (χ0v) is 15.6. The van der Waals surface area contributed by atoms with Crippen molar-refractivity contribution in [3.63, 3.8) is 0 Å². The van der Waals surface area contributed by atoms with Crippen molar-refractivity contribution < 1.29 is 19.1 Å². The van der Waals surface area contributed by atoms with Crippen LogP contribution in [0.5, 0.6) is 11.5 Å². The second kappa shape index (κ2) is 11.2. The van der Waals surface area contributed by atoms with Crippen LogP contribution in [0.1, 0.15) is 20.7 Å². The molecule has 6 heteroatoms. The van der Waals surface area contributed by atoms with E-state index in [9.17, 15) is 9.59 Å². The number of ether oxygens (including phenoxy) is 2. The first-order valence-corrected chi connectivity index (χ1v) is 8.89. The third kappa shape index (κ3) is 6.02. The van der Waals surface area contributed by atoms with E-state index in [1.54, 1.807) is 60.7 Å². The van der Waals surface area contributed by atoms with Crippen LogP contribution in [0.4, 0.5) is 0 Å². The number of amides is 2. The highest BCUT2D eigenvalue weighted by atomic mass is 16.5. The summed E-state index contributed by atoms with van der Waals surface area (Å²) < 4.78 is 11.0. The number of nitrogens with one attached hydrogen (secondary N) is 2. The lowest BCUT2D eigenvalue weighted by Crippen LogP contribution is -2.35. The standard InChI is InChI=1S/C22H24N2O4/c1-3-15-27-19-11-7-5-9-17(19)21(25)23-13-14-24-22(26)18-10-6-8-12-20(18)28-16-4-2/h3-12H,1-2,13-16H2,(H,23,25)(H,24,26). The van der Waals surface area contributed by atoms with E-state index in [-0.39, 0.29) is 24.9 Å². The van der Waals surface area contributed by atoms with Crippen molar-refractivity contribution in [1.82, 2.24) is 10.6 Å². The molecule has 0 aromatic heterocycles. The van der Waals surface area contributed by atoms with Gasteiger partial charge in [0, 0.05) is 13.1 Å². The summed E-state index contributed by atoms with van der Waals surface area (Å²) in [5, 5.41) is 5.54. The number of hydrogen-bond donors (Lipinski definition) is 2. The fourth-order valence-corrected chi connectivity index (χ4v) is 2.40. The molecule has 0 fully saturated rings. The van der Waals surface area contributed by atoms with Gasteiger partial charge in [-0.1, -0.05) is 49.6 Å². The van der Waals surface area contributed by atoms with E-state index in [4.69, 9.17) is 9.47 Å². The van der Waals surface area contributed by atoms with Crippen LogP contribution in [-0.4, -0.2) is 38.1 Å². The summed E-state index contributed by atoms with van der Waals surface area (Å²) in [7, 11) is 0. The van der Waals surface area contributed by atoms with Gasteiger partial charge < -0.3 is 20.1 Å². The monoisotopic (exact) mass is 380 g/mol. The summed E-state index contributed by atoms with van der Waals surface area (Å²) in [6.07, 6.45) is 3.22. The van der Waals surface area contributed by atoms with Gasteiger partial charge in [0.15, 0.2) is 0 Å². The van der Waals surface area contributed by atoms with Crippen molar-refractivity contribution >= 4 is 11.8 Å². The van der Waals surface area contributed by atoms with E-state index >= 15 is 0 Å². The van der Waals surface area contributed by atoms with Gasteiger partial charge in [-0.15, -0.1) is 0 Å². The van der Waals surface area contributed by atoms with E-state index in [1.165, 1.54) is 0 Å². The SMILES string of the molecule is C=CCOc1ccccc1C(=O)NCCNC(=O)c1ccccc1OCC=C. The smallest absolute Gasteiger partial charge is 0.255 e. The highest BCUT2D eigenvalue weighted by Gasteiger charge is 2.13. The van der Waals surface area contributed by atoms with Crippen LogP contribution < -0.4 is 20.1 Å². The molecule has 2 aromatic carbocycles. The number of para-hydroxylation sites is 2. The van der Waals surface area contributed by atoms with Crippen molar-refractivity contribution in [1.29, 1.82) is 0 Å². The zero-order chi connectivity index (χ0) is 20.2. The molecule has 6 nitrogen and oxygen atoms in total. The predicted octanol–water partition coefficient (Wildman–Crippen LogP) is 2.98. The van der Waals surface area contributed by atoms with Gasteiger partial charge in [0.1, 0.15) is 24.7 Å². The zero-order valence-electron chi connectivity index (χ0n) is 15.6. The molecule has 2 aromatic rings. The topological polar surface area (TPSA) is 76.7 Å². The lowest BCUT2D eigenvalue weighted by molar-refractivity contribution is 0.0924. The molecule has 0 aliphatic rings. The molecule has 28 heavy (non-hydrogen) atoms. The molecule has 2 N–H and O–H groups in total. The van der Waals surface area contributed by atoms with Crippen molar-refractivity contribution in [2.45, 2.75) is 0 Å². The molecule has 0 aliphatic heterocycles. The number of hydrogen-bond acceptors (Lipinski definition) is 4. The molecule has 0 saturated carbocycles. The third-order valence-electron chi connectivity index (χ3n) is 3.67. The summed E-state index contributed by atoms with van der Waals surface area (Å²) >= 11 is 0. The molecule has 2 amide bonds. The second-order valence-electron chi connectivity index (χ2n) is 5.70. The molecule has 0 bridgehead atoms. The molecule has 2 rings (SSSR count). The van der Waals surface area contributed by atoms with Crippen LogP contribution in [0.2, 0.25) is 0 Å². The average molecular weight is 380 g/mol. The first-order chi connectivity index (χ1) is 13.7. The minimum absolute atomic E-state index is 0.274. The number of carbonyl (C=O) groups excluding carboxylic acids is 2. The van der Waals surface area contributed by atoms with Crippen LogP contribution in [0.15, 0.2) is 73.8 Å². The highest BCUT2D eigenvalue weighted by molar-refractivity contribution is 5.98. The Hall–Kier alpha value is -3.54. The Morgan fingerprint density at radius 1 is 0.750 bits per heavy atom. The van der Waals surface area contributed by atoms with Crippen molar-refractivity contribution in [2.24, 2.45) is 0 Å². The summed E-state index contributed by atoms with van der Waals surface area (Å²) in [4.78, 5) is 24.7. The minimum Gasteiger partial charge on any atom is -0.489 e. The van der Waals surface area contributed by atoms with Gasteiger partial charge >= 0.3 is 0 Å². The normalized spacial score (nSPS) is 9.86.